The number of rotatable bonds is 3. The van der Waals surface area contributed by atoms with Gasteiger partial charge in [-0.25, -0.2) is 0 Å². The monoisotopic (exact) mass is 273 g/mol. The summed E-state index contributed by atoms with van der Waals surface area (Å²) in [4.78, 5) is 24.8. The standard InChI is InChI=1S/C12H19NO2S2/c14-10-7-17-11(15)13(10)8-12(9-16)5-3-1-2-4-6-12/h16H,1-9H2. The maximum Gasteiger partial charge on any atom is 0.288 e. The average Bonchev–Trinajstić information content (AvgIpc) is 2.58. The molecule has 1 saturated carbocycles. The van der Waals surface area contributed by atoms with Gasteiger partial charge in [0.25, 0.3) is 5.24 Å². The molecule has 2 aliphatic rings. The molecule has 0 spiro atoms. The van der Waals surface area contributed by atoms with Gasteiger partial charge in [0.1, 0.15) is 0 Å². The van der Waals surface area contributed by atoms with Crippen molar-refractivity contribution in [3.8, 4) is 0 Å². The van der Waals surface area contributed by atoms with Crippen molar-refractivity contribution in [1.82, 2.24) is 4.90 Å². The van der Waals surface area contributed by atoms with Crippen molar-refractivity contribution >= 4 is 35.5 Å². The third kappa shape index (κ3) is 2.99. The van der Waals surface area contributed by atoms with Crippen LogP contribution in [0.3, 0.4) is 0 Å². The van der Waals surface area contributed by atoms with Crippen molar-refractivity contribution in [3.63, 3.8) is 0 Å². The zero-order valence-electron chi connectivity index (χ0n) is 9.98. The van der Waals surface area contributed by atoms with Gasteiger partial charge in [-0.2, -0.15) is 12.6 Å². The second-order valence-electron chi connectivity index (χ2n) is 5.11. The zero-order valence-corrected chi connectivity index (χ0v) is 11.7. The van der Waals surface area contributed by atoms with E-state index >= 15 is 0 Å². The Morgan fingerprint density at radius 1 is 1.18 bits per heavy atom. The molecule has 3 nitrogen and oxygen atoms in total. The van der Waals surface area contributed by atoms with Gasteiger partial charge in [0.15, 0.2) is 0 Å². The summed E-state index contributed by atoms with van der Waals surface area (Å²) in [6, 6.07) is 0. The molecule has 0 bridgehead atoms. The van der Waals surface area contributed by atoms with Crippen LogP contribution in [0.25, 0.3) is 0 Å². The minimum atomic E-state index is -0.0691. The molecule has 5 heteroatoms. The van der Waals surface area contributed by atoms with E-state index in [1.54, 1.807) is 0 Å². The van der Waals surface area contributed by atoms with E-state index in [1.807, 2.05) is 0 Å². The van der Waals surface area contributed by atoms with Gasteiger partial charge in [0.05, 0.1) is 5.75 Å². The van der Waals surface area contributed by atoms with Gasteiger partial charge >= 0.3 is 0 Å². The first-order valence-electron chi connectivity index (χ1n) is 6.25. The number of carbonyl (C=O) groups is 2. The molecule has 0 aromatic heterocycles. The largest absolute Gasteiger partial charge is 0.288 e. The molecule has 1 aliphatic heterocycles. The summed E-state index contributed by atoms with van der Waals surface area (Å²) in [5.41, 5.74) is 0.0653. The number of thiol groups is 1. The van der Waals surface area contributed by atoms with Crippen LogP contribution in [-0.4, -0.2) is 34.1 Å². The average molecular weight is 273 g/mol. The first kappa shape index (κ1) is 13.3. The zero-order chi connectivity index (χ0) is 12.3. The van der Waals surface area contributed by atoms with E-state index in [2.05, 4.69) is 12.6 Å². The maximum absolute atomic E-state index is 11.7. The normalized spacial score (nSPS) is 25.1. The molecule has 1 aliphatic carbocycles. The molecule has 0 aromatic carbocycles. The van der Waals surface area contributed by atoms with Crippen molar-refractivity contribution in [2.75, 3.05) is 18.1 Å². The molecule has 17 heavy (non-hydrogen) atoms. The number of amides is 2. The van der Waals surface area contributed by atoms with Gasteiger partial charge < -0.3 is 0 Å². The van der Waals surface area contributed by atoms with Gasteiger partial charge in [-0.15, -0.1) is 0 Å². The summed E-state index contributed by atoms with van der Waals surface area (Å²) in [5, 5.41) is -0.0691. The van der Waals surface area contributed by atoms with Crippen LogP contribution in [0.2, 0.25) is 0 Å². The highest BCUT2D eigenvalue weighted by molar-refractivity contribution is 8.14. The Morgan fingerprint density at radius 2 is 1.82 bits per heavy atom. The number of carbonyl (C=O) groups excluding carboxylic acids is 2. The molecular weight excluding hydrogens is 254 g/mol. The Bertz CT molecular complexity index is 296. The maximum atomic E-state index is 11.7. The Labute approximate surface area is 112 Å². The first-order chi connectivity index (χ1) is 8.17. The van der Waals surface area contributed by atoms with Crippen molar-refractivity contribution < 1.29 is 9.59 Å². The van der Waals surface area contributed by atoms with Crippen LogP contribution in [0.4, 0.5) is 4.79 Å². The van der Waals surface area contributed by atoms with Gasteiger partial charge in [-0.05, 0) is 24.0 Å². The van der Waals surface area contributed by atoms with Crippen LogP contribution in [-0.2, 0) is 4.79 Å². The lowest BCUT2D eigenvalue weighted by Gasteiger charge is -2.34. The fourth-order valence-electron chi connectivity index (χ4n) is 2.71. The summed E-state index contributed by atoms with van der Waals surface area (Å²) in [6.07, 6.45) is 7.13. The molecule has 0 radical (unpaired) electrons. The van der Waals surface area contributed by atoms with Gasteiger partial charge in [0.2, 0.25) is 5.91 Å². The predicted octanol–water partition coefficient (Wildman–Crippen LogP) is 2.95. The van der Waals surface area contributed by atoms with E-state index in [4.69, 9.17) is 0 Å². The van der Waals surface area contributed by atoms with Gasteiger partial charge in [-0.1, -0.05) is 37.4 Å². The van der Waals surface area contributed by atoms with Crippen LogP contribution >= 0.6 is 24.4 Å². The third-order valence-corrected chi connectivity index (χ3v) is 5.36. The highest BCUT2D eigenvalue weighted by Crippen LogP contribution is 2.38. The molecule has 2 fully saturated rings. The lowest BCUT2D eigenvalue weighted by molar-refractivity contribution is -0.125. The van der Waals surface area contributed by atoms with Crippen molar-refractivity contribution in [3.05, 3.63) is 0 Å². The van der Waals surface area contributed by atoms with Gasteiger partial charge in [-0.3, -0.25) is 14.5 Å². The van der Waals surface area contributed by atoms with E-state index in [0.29, 0.717) is 12.3 Å². The van der Waals surface area contributed by atoms with Crippen molar-refractivity contribution in [2.45, 2.75) is 38.5 Å². The lowest BCUT2D eigenvalue weighted by Crippen LogP contribution is -2.41. The van der Waals surface area contributed by atoms with Crippen LogP contribution in [0, 0.1) is 5.41 Å². The summed E-state index contributed by atoms with van der Waals surface area (Å²) in [6.45, 7) is 0.584. The fourth-order valence-corrected chi connectivity index (χ4v) is 3.86. The molecule has 0 unspecified atom stereocenters. The summed E-state index contributed by atoms with van der Waals surface area (Å²) in [7, 11) is 0. The highest BCUT2D eigenvalue weighted by Gasteiger charge is 2.38. The van der Waals surface area contributed by atoms with Crippen molar-refractivity contribution in [1.29, 1.82) is 0 Å². The second-order valence-corrected chi connectivity index (χ2v) is 6.35. The number of hydrogen-bond acceptors (Lipinski definition) is 4. The number of hydrogen-bond donors (Lipinski definition) is 1. The number of imide groups is 1. The minimum Gasteiger partial charge on any atom is -0.273 e. The smallest absolute Gasteiger partial charge is 0.273 e. The number of nitrogens with zero attached hydrogens (tertiary/aromatic N) is 1. The third-order valence-electron chi connectivity index (χ3n) is 3.83. The van der Waals surface area contributed by atoms with E-state index in [0.717, 1.165) is 30.4 Å². The molecule has 0 aromatic rings. The predicted molar refractivity (Wildman–Crippen MR) is 73.6 cm³/mol. The fraction of sp³-hybridized carbons (Fsp3) is 0.833. The molecule has 1 saturated heterocycles. The minimum absolute atomic E-state index is 0.0228. The van der Waals surface area contributed by atoms with Gasteiger partial charge in [0, 0.05) is 6.54 Å². The molecule has 0 N–H and O–H groups in total. The van der Waals surface area contributed by atoms with Crippen molar-refractivity contribution in [2.24, 2.45) is 5.41 Å². The topological polar surface area (TPSA) is 37.4 Å². The Balaban J connectivity index is 2.07. The molecule has 2 rings (SSSR count). The molecule has 1 heterocycles. The highest BCUT2D eigenvalue weighted by atomic mass is 32.2. The molecule has 96 valence electrons. The summed E-state index contributed by atoms with van der Waals surface area (Å²) < 4.78 is 0. The van der Waals surface area contributed by atoms with E-state index < -0.39 is 0 Å². The van der Waals surface area contributed by atoms with E-state index in [1.165, 1.54) is 30.6 Å². The molecule has 0 atom stereocenters. The Hall–Kier alpha value is -0.160. The summed E-state index contributed by atoms with van der Waals surface area (Å²) in [5.74, 6) is 1.07. The SMILES string of the molecule is O=C1CSC(=O)N1CC1(CS)CCCCCC1. The van der Waals surface area contributed by atoms with E-state index in [-0.39, 0.29) is 16.6 Å². The Morgan fingerprint density at radius 3 is 2.29 bits per heavy atom. The summed E-state index contributed by atoms with van der Waals surface area (Å²) >= 11 is 5.60. The Kier molecular flexibility index (Phi) is 4.42. The van der Waals surface area contributed by atoms with E-state index in [9.17, 15) is 9.59 Å². The van der Waals surface area contributed by atoms with Crippen LogP contribution < -0.4 is 0 Å². The number of thioether (sulfide) groups is 1. The molecule has 2 amide bonds. The van der Waals surface area contributed by atoms with Crippen LogP contribution in [0.1, 0.15) is 38.5 Å². The van der Waals surface area contributed by atoms with Crippen LogP contribution in [0.5, 0.6) is 0 Å². The van der Waals surface area contributed by atoms with Crippen LogP contribution in [0.15, 0.2) is 0 Å². The second kappa shape index (κ2) is 5.65. The quantitative estimate of drug-likeness (QED) is 0.634. The molecular formula is C12H19NO2S2. The lowest BCUT2D eigenvalue weighted by atomic mass is 9.82. The first-order valence-corrected chi connectivity index (χ1v) is 7.87.